The van der Waals surface area contributed by atoms with Crippen LogP contribution in [0.25, 0.3) is 134 Å². The second kappa shape index (κ2) is 20.0. The first-order chi connectivity index (χ1) is 38.8. The Morgan fingerprint density at radius 2 is 0.713 bits per heavy atom. The number of H-pyrrole nitrogens is 2. The molecule has 8 bridgehead atoms. The molecule has 0 fully saturated rings. The Kier molecular flexibility index (Phi) is 12.6. The average Bonchev–Trinajstić information content (AvgIpc) is 4.40. The van der Waals surface area contributed by atoms with Gasteiger partial charge >= 0.3 is 0 Å². The minimum Gasteiger partial charge on any atom is -0.497 e. The van der Waals surface area contributed by atoms with Crippen LogP contribution in [0.5, 0.6) is 11.5 Å². The first-order valence-electron chi connectivity index (χ1n) is 28.3. The molecular weight excluding hydrogens is 977 g/mol. The summed E-state index contributed by atoms with van der Waals surface area (Å²) in [5, 5.41) is 8.70. The molecule has 8 aromatic carbocycles. The fourth-order valence-corrected chi connectivity index (χ4v) is 12.2. The summed E-state index contributed by atoms with van der Waals surface area (Å²) < 4.78 is 12.2. The van der Waals surface area contributed by atoms with E-state index < -0.39 is 0 Å². The van der Waals surface area contributed by atoms with E-state index in [0.29, 0.717) is 23.7 Å². The summed E-state index contributed by atoms with van der Waals surface area (Å²) in [7, 11) is 3.50. The monoisotopic (exact) mass is 1040 g/mol. The summed E-state index contributed by atoms with van der Waals surface area (Å²) in [6, 6.07) is 58.4. The lowest BCUT2D eigenvalue weighted by Gasteiger charge is -2.15. The molecule has 0 spiro atoms. The Hall–Kier alpha value is -9.00. The maximum atomic E-state index is 6.18. The summed E-state index contributed by atoms with van der Waals surface area (Å²) in [4.78, 5) is 19.8. The van der Waals surface area contributed by atoms with Crippen LogP contribution in [0.2, 0.25) is 0 Å². The Morgan fingerprint density at radius 3 is 1.11 bits per heavy atom. The van der Waals surface area contributed by atoms with E-state index in [1.165, 1.54) is 22.3 Å². The number of hydrogen-bond acceptors (Lipinski definition) is 4. The van der Waals surface area contributed by atoms with Crippen molar-refractivity contribution in [3.63, 3.8) is 0 Å². The molecule has 0 saturated carbocycles. The number of nitrogens with one attached hydrogen (secondary N) is 2. The van der Waals surface area contributed by atoms with Crippen molar-refractivity contribution in [1.29, 1.82) is 0 Å². The molecule has 3 aromatic heterocycles. The number of aromatic amines is 2. The summed E-state index contributed by atoms with van der Waals surface area (Å²) in [5.74, 6) is 3.12. The molecule has 80 heavy (non-hydrogen) atoms. The number of methoxy groups -OCH3 is 2. The van der Waals surface area contributed by atoms with Crippen molar-refractivity contribution in [3.05, 3.63) is 203 Å². The van der Waals surface area contributed by atoms with Gasteiger partial charge in [0.15, 0.2) is 0 Å². The zero-order chi connectivity index (χ0) is 55.1. The van der Waals surface area contributed by atoms with Gasteiger partial charge in [-0.1, -0.05) is 165 Å². The topological polar surface area (TPSA) is 75.8 Å². The summed E-state index contributed by atoms with van der Waals surface area (Å²) in [6.07, 6.45) is 8.84. The normalized spacial score (nSPS) is 12.5. The number of rotatable bonds is 10. The van der Waals surface area contributed by atoms with Crippen molar-refractivity contribution < 1.29 is 9.47 Å². The van der Waals surface area contributed by atoms with Gasteiger partial charge in [0.1, 0.15) is 11.5 Å². The third-order valence-corrected chi connectivity index (χ3v) is 16.8. The SMILES string of the molecule is COc1ccc2c(c1)c1cc3c4[nH]c(c(-c5ccc(C(C)C)cc5)c5nc(c(-c6ccc(C(C)C)cc6)c6ccc([nH]6)c(-c6ccc(C(C)C)cc6)c6nc(c4-c4ccc(C(C)C)cc4)C=C6)C=C5)c3cc1c1cccc(OC)c21. The predicted molar refractivity (Wildman–Crippen MR) is 340 cm³/mol. The van der Waals surface area contributed by atoms with Gasteiger partial charge in [0.05, 0.1) is 48.0 Å². The Bertz CT molecular complexity index is 4290. The fraction of sp³-hybridized carbons (Fsp3) is 0.189. The van der Waals surface area contributed by atoms with Crippen molar-refractivity contribution in [3.8, 4) is 56.0 Å². The van der Waals surface area contributed by atoms with Crippen LogP contribution in [-0.4, -0.2) is 34.2 Å². The highest BCUT2D eigenvalue weighted by Crippen LogP contribution is 2.47. The van der Waals surface area contributed by atoms with E-state index in [9.17, 15) is 0 Å². The molecule has 6 heteroatoms. The molecule has 0 atom stereocenters. The quantitative estimate of drug-likeness (QED) is 0.134. The van der Waals surface area contributed by atoms with Gasteiger partial charge in [-0.15, -0.1) is 0 Å². The smallest absolute Gasteiger partial charge is 0.127 e. The van der Waals surface area contributed by atoms with Crippen LogP contribution in [0.3, 0.4) is 0 Å². The van der Waals surface area contributed by atoms with Gasteiger partial charge in [-0.2, -0.15) is 0 Å². The maximum Gasteiger partial charge on any atom is 0.127 e. The molecule has 13 rings (SSSR count). The second-order valence-corrected chi connectivity index (χ2v) is 22.9. The number of aromatic nitrogens is 4. The molecule has 6 nitrogen and oxygen atoms in total. The number of nitrogens with zero attached hydrogens (tertiary/aromatic N) is 2. The molecule has 5 heterocycles. The van der Waals surface area contributed by atoms with Crippen molar-refractivity contribution >= 4 is 89.5 Å². The summed E-state index contributed by atoms with van der Waals surface area (Å²) in [5.41, 5.74) is 20.9. The molecule has 2 aliphatic heterocycles. The van der Waals surface area contributed by atoms with Crippen LogP contribution in [0, 0.1) is 0 Å². The lowest BCUT2D eigenvalue weighted by Crippen LogP contribution is -1.92. The predicted octanol–water partition coefficient (Wildman–Crippen LogP) is 20.4. The van der Waals surface area contributed by atoms with Crippen LogP contribution in [0.4, 0.5) is 0 Å². The lowest BCUT2D eigenvalue weighted by molar-refractivity contribution is 0.415. The van der Waals surface area contributed by atoms with E-state index in [2.05, 4.69) is 247 Å². The first-order valence-corrected chi connectivity index (χ1v) is 28.3. The van der Waals surface area contributed by atoms with Crippen LogP contribution in [-0.2, 0) is 0 Å². The molecule has 2 aliphatic rings. The molecule has 2 N–H and O–H groups in total. The van der Waals surface area contributed by atoms with Gasteiger partial charge in [0.2, 0.25) is 0 Å². The van der Waals surface area contributed by atoms with Crippen molar-refractivity contribution in [2.45, 2.75) is 79.1 Å². The van der Waals surface area contributed by atoms with Crippen LogP contribution >= 0.6 is 0 Å². The standard InChI is InChI=1S/C74H66N4O2/c1-41(2)45-14-22-49(23-15-45)68-61-32-33-62(75-61)69(50-24-16-46(17-25-50)42(3)4)64-35-37-66(77-64)71(52-28-20-48(21-29-52)44(7)8)74-60-40-58-56-38-53(79-9)30-31-55(56)72-54(12-11-13-67(72)80-10)57(58)39-59(60)73(78-74)70(65-36-34-63(68)76-65)51-26-18-47(19-27-51)43(5)6/h11-44,75,78H,1-10H3. The van der Waals surface area contributed by atoms with Gasteiger partial charge < -0.3 is 19.4 Å². The third-order valence-electron chi connectivity index (χ3n) is 16.8. The molecule has 0 radical (unpaired) electrons. The molecule has 0 saturated heterocycles. The highest BCUT2D eigenvalue weighted by atomic mass is 16.5. The molecule has 0 amide bonds. The Labute approximate surface area is 468 Å². The maximum absolute atomic E-state index is 6.18. The number of fused-ring (bicyclic) bond motifs is 17. The number of ether oxygens (including phenoxy) is 2. The van der Waals surface area contributed by atoms with Gasteiger partial charge in [0, 0.05) is 49.4 Å². The highest BCUT2D eigenvalue weighted by Gasteiger charge is 2.24. The van der Waals surface area contributed by atoms with E-state index in [4.69, 9.17) is 19.4 Å². The fourth-order valence-electron chi connectivity index (χ4n) is 12.2. The minimum atomic E-state index is 0.362. The Morgan fingerprint density at radius 1 is 0.338 bits per heavy atom. The van der Waals surface area contributed by atoms with Crippen LogP contribution in [0.15, 0.2) is 158 Å². The highest BCUT2D eigenvalue weighted by molar-refractivity contribution is 6.31. The third kappa shape index (κ3) is 8.57. The van der Waals surface area contributed by atoms with Gasteiger partial charge in [-0.25, -0.2) is 9.97 Å². The second-order valence-electron chi connectivity index (χ2n) is 22.9. The van der Waals surface area contributed by atoms with Gasteiger partial charge in [0.25, 0.3) is 0 Å². The largest absolute Gasteiger partial charge is 0.497 e. The molecule has 0 unspecified atom stereocenters. The van der Waals surface area contributed by atoms with E-state index in [0.717, 1.165) is 144 Å². The number of hydrogen-bond donors (Lipinski definition) is 2. The van der Waals surface area contributed by atoms with E-state index >= 15 is 0 Å². The van der Waals surface area contributed by atoms with Crippen molar-refractivity contribution in [2.75, 3.05) is 14.2 Å². The van der Waals surface area contributed by atoms with E-state index in [1.807, 2.05) is 0 Å². The molecule has 0 aliphatic carbocycles. The average molecular weight is 1040 g/mol. The Balaban J connectivity index is 1.28. The molecule has 394 valence electrons. The van der Waals surface area contributed by atoms with E-state index in [-0.39, 0.29) is 0 Å². The lowest BCUT2D eigenvalue weighted by atomic mass is 9.91. The molecular formula is C74H66N4O2. The van der Waals surface area contributed by atoms with E-state index in [1.54, 1.807) is 14.2 Å². The first kappa shape index (κ1) is 50.5. The van der Waals surface area contributed by atoms with Gasteiger partial charge in [-0.05, 0) is 168 Å². The molecule has 11 aromatic rings. The van der Waals surface area contributed by atoms with Crippen LogP contribution < -0.4 is 9.47 Å². The van der Waals surface area contributed by atoms with Gasteiger partial charge in [-0.3, -0.25) is 0 Å². The minimum absolute atomic E-state index is 0.362. The summed E-state index contributed by atoms with van der Waals surface area (Å²) in [6.45, 7) is 18.0. The zero-order valence-corrected chi connectivity index (χ0v) is 47.3. The number of benzene rings is 8. The summed E-state index contributed by atoms with van der Waals surface area (Å²) >= 11 is 0. The van der Waals surface area contributed by atoms with Crippen LogP contribution in [0.1, 0.15) is 124 Å². The van der Waals surface area contributed by atoms with Crippen molar-refractivity contribution in [2.24, 2.45) is 0 Å². The zero-order valence-electron chi connectivity index (χ0n) is 47.3. The van der Waals surface area contributed by atoms with Crippen molar-refractivity contribution in [1.82, 2.24) is 19.9 Å².